The molecule has 0 N–H and O–H groups in total. The van der Waals surface area contributed by atoms with Gasteiger partial charge in [0.25, 0.3) is 5.56 Å². The molecule has 0 bridgehead atoms. The number of aromatic nitrogens is 2. The lowest BCUT2D eigenvalue weighted by atomic mass is 9.88. The molecule has 0 fully saturated rings. The Morgan fingerprint density at radius 3 is 2.77 bits per heavy atom. The Balaban J connectivity index is 2.07. The Morgan fingerprint density at radius 1 is 1.27 bits per heavy atom. The summed E-state index contributed by atoms with van der Waals surface area (Å²) in [5, 5.41) is 9.64. The van der Waals surface area contributed by atoms with Crippen molar-refractivity contribution in [2.45, 2.75) is 32.7 Å². The normalized spacial score (nSPS) is 15.0. The molecule has 3 heterocycles. The number of hydrogen-bond donors (Lipinski definition) is 0. The Hall–Kier alpha value is -3.40. The Labute approximate surface area is 148 Å². The van der Waals surface area contributed by atoms with Gasteiger partial charge >= 0.3 is 5.63 Å². The van der Waals surface area contributed by atoms with Gasteiger partial charge in [-0.05, 0) is 25.5 Å². The quantitative estimate of drug-likeness (QED) is 0.660. The summed E-state index contributed by atoms with van der Waals surface area (Å²) in [7, 11) is 0. The third-order valence-corrected chi connectivity index (χ3v) is 4.69. The lowest BCUT2D eigenvalue weighted by Crippen LogP contribution is -2.32. The second-order valence-corrected chi connectivity index (χ2v) is 6.12. The number of aryl methyl sites for hydroxylation is 1. The summed E-state index contributed by atoms with van der Waals surface area (Å²) in [5.74, 6) is 0.471. The van der Waals surface area contributed by atoms with Crippen LogP contribution in [0.15, 0.2) is 38.3 Å². The largest absolute Gasteiger partial charge is 0.437 e. The van der Waals surface area contributed by atoms with Crippen molar-refractivity contribution < 1.29 is 9.15 Å². The van der Waals surface area contributed by atoms with Gasteiger partial charge in [-0.1, -0.05) is 19.1 Å². The molecule has 7 heteroatoms. The summed E-state index contributed by atoms with van der Waals surface area (Å²) < 4.78 is 12.7. The average molecular weight is 349 g/mol. The highest BCUT2D eigenvalue weighted by Crippen LogP contribution is 2.44. The van der Waals surface area contributed by atoms with E-state index in [4.69, 9.17) is 14.4 Å². The minimum atomic E-state index is -0.525. The highest BCUT2D eigenvalue weighted by Gasteiger charge is 2.35. The van der Waals surface area contributed by atoms with Crippen LogP contribution in [0.2, 0.25) is 0 Å². The minimum absolute atomic E-state index is 0.111. The number of hydrogen-bond acceptors (Lipinski definition) is 6. The van der Waals surface area contributed by atoms with Crippen LogP contribution in [0.4, 0.5) is 0 Å². The molecule has 2 aromatic heterocycles. The number of rotatable bonds is 2. The van der Waals surface area contributed by atoms with Gasteiger partial charge in [0, 0.05) is 5.92 Å². The topological polar surface area (TPSA) is 98.1 Å². The fourth-order valence-corrected chi connectivity index (χ4v) is 3.48. The monoisotopic (exact) mass is 349 g/mol. The lowest BCUT2D eigenvalue weighted by Gasteiger charge is -2.26. The van der Waals surface area contributed by atoms with Crippen LogP contribution < -0.4 is 15.9 Å². The second-order valence-electron chi connectivity index (χ2n) is 6.12. The van der Waals surface area contributed by atoms with E-state index in [1.165, 1.54) is 4.57 Å². The Bertz CT molecular complexity index is 1200. The first-order valence-electron chi connectivity index (χ1n) is 8.28. The van der Waals surface area contributed by atoms with Crippen molar-refractivity contribution >= 4 is 11.0 Å². The van der Waals surface area contributed by atoms with Gasteiger partial charge in [0.05, 0.1) is 22.6 Å². The predicted molar refractivity (Wildman–Crippen MR) is 93.5 cm³/mol. The molecule has 1 aliphatic heterocycles. The predicted octanol–water partition coefficient (Wildman–Crippen LogP) is 2.83. The third-order valence-electron chi connectivity index (χ3n) is 4.69. The first-order valence-corrected chi connectivity index (χ1v) is 8.28. The van der Waals surface area contributed by atoms with Gasteiger partial charge in [0.1, 0.15) is 18.0 Å². The zero-order valence-electron chi connectivity index (χ0n) is 14.3. The van der Waals surface area contributed by atoms with Gasteiger partial charge in [-0.3, -0.25) is 9.36 Å². The van der Waals surface area contributed by atoms with Gasteiger partial charge in [-0.25, -0.2) is 4.79 Å². The molecule has 0 aliphatic carbocycles. The molecule has 4 rings (SSSR count). The summed E-state index contributed by atoms with van der Waals surface area (Å²) in [6, 6.07) is 9.06. The molecule has 0 spiro atoms. The van der Waals surface area contributed by atoms with E-state index in [1.54, 1.807) is 25.1 Å². The molecule has 1 aliphatic rings. The Kier molecular flexibility index (Phi) is 3.62. The van der Waals surface area contributed by atoms with Crippen LogP contribution >= 0.6 is 0 Å². The molecule has 0 radical (unpaired) electrons. The summed E-state index contributed by atoms with van der Waals surface area (Å²) in [4.78, 5) is 29.9. The van der Waals surface area contributed by atoms with Crippen molar-refractivity contribution in [1.29, 1.82) is 5.26 Å². The van der Waals surface area contributed by atoms with Crippen molar-refractivity contribution in [3.8, 4) is 17.7 Å². The van der Waals surface area contributed by atoms with E-state index >= 15 is 0 Å². The third kappa shape index (κ3) is 2.15. The summed E-state index contributed by atoms with van der Waals surface area (Å²) in [6.07, 6.45) is 0.499. The summed E-state index contributed by atoms with van der Waals surface area (Å²) in [6.45, 7) is 3.42. The first-order chi connectivity index (χ1) is 12.6. The fraction of sp³-hybridized carbons (Fsp3) is 0.263. The van der Waals surface area contributed by atoms with Crippen molar-refractivity contribution in [1.82, 2.24) is 9.55 Å². The van der Waals surface area contributed by atoms with Crippen LogP contribution in [-0.4, -0.2) is 9.55 Å². The van der Waals surface area contributed by atoms with Gasteiger partial charge in [-0.15, -0.1) is 0 Å². The number of benzene rings is 1. The lowest BCUT2D eigenvalue weighted by molar-refractivity contribution is 0.404. The minimum Gasteiger partial charge on any atom is -0.437 e. The van der Waals surface area contributed by atoms with Gasteiger partial charge in [0.2, 0.25) is 5.88 Å². The van der Waals surface area contributed by atoms with E-state index in [2.05, 4.69) is 4.98 Å². The molecule has 0 saturated heterocycles. The molecular weight excluding hydrogens is 334 g/mol. The number of ether oxygens (including phenoxy) is 1. The smallest absolute Gasteiger partial charge is 0.343 e. The molecule has 130 valence electrons. The maximum absolute atomic E-state index is 12.9. The molecule has 0 saturated carbocycles. The van der Waals surface area contributed by atoms with Crippen molar-refractivity contribution in [3.05, 3.63) is 62.0 Å². The van der Waals surface area contributed by atoms with Crippen LogP contribution in [0.25, 0.3) is 11.0 Å². The Morgan fingerprint density at radius 2 is 2.04 bits per heavy atom. The number of nitrogens with zero attached hydrogens (tertiary/aromatic N) is 3. The van der Waals surface area contributed by atoms with E-state index in [9.17, 15) is 9.59 Å². The molecular formula is C19H15N3O4. The van der Waals surface area contributed by atoms with Crippen LogP contribution in [0.5, 0.6) is 11.6 Å². The van der Waals surface area contributed by atoms with Crippen LogP contribution in [0.1, 0.15) is 36.2 Å². The molecule has 0 unspecified atom stereocenters. The molecule has 3 aromatic rings. The molecule has 7 nitrogen and oxygen atoms in total. The fourth-order valence-electron chi connectivity index (χ4n) is 3.48. The van der Waals surface area contributed by atoms with Crippen LogP contribution in [0, 0.1) is 18.3 Å². The summed E-state index contributed by atoms with van der Waals surface area (Å²) >= 11 is 0. The van der Waals surface area contributed by atoms with Crippen molar-refractivity contribution in [2.75, 3.05) is 0 Å². The van der Waals surface area contributed by atoms with Gasteiger partial charge in [0.15, 0.2) is 5.75 Å². The highest BCUT2D eigenvalue weighted by molar-refractivity contribution is 5.85. The number of para-hydroxylation sites is 1. The highest BCUT2D eigenvalue weighted by atomic mass is 16.5. The van der Waals surface area contributed by atoms with Gasteiger partial charge in [-0.2, -0.15) is 10.2 Å². The standard InChI is InChI=1S/C19H15N3O4/c1-3-11-14-16(12-6-4-5-7-13(12)25-19(14)24)26-17-15(11)18(23)22(9-8-20)10(2)21-17/h4-7,11H,3,9H2,1-2H3/t11-/m0/s1. The first kappa shape index (κ1) is 16.1. The van der Waals surface area contributed by atoms with Crippen molar-refractivity contribution in [2.24, 2.45) is 0 Å². The van der Waals surface area contributed by atoms with E-state index in [-0.39, 0.29) is 18.0 Å². The maximum atomic E-state index is 12.9. The van der Waals surface area contributed by atoms with Crippen molar-refractivity contribution in [3.63, 3.8) is 0 Å². The van der Waals surface area contributed by atoms with E-state index < -0.39 is 11.5 Å². The zero-order chi connectivity index (χ0) is 18.4. The molecule has 1 aromatic carbocycles. The summed E-state index contributed by atoms with van der Waals surface area (Å²) in [5.41, 5.74) is 0.152. The van der Waals surface area contributed by atoms with Crippen LogP contribution in [-0.2, 0) is 6.54 Å². The zero-order valence-corrected chi connectivity index (χ0v) is 14.3. The SMILES string of the molecule is CC[C@H]1c2c(c3ccccc3oc2=O)Oc2nc(C)n(CC#N)c(=O)c21. The molecule has 26 heavy (non-hydrogen) atoms. The van der Waals surface area contributed by atoms with E-state index in [1.807, 2.05) is 19.1 Å². The van der Waals surface area contributed by atoms with Crippen LogP contribution in [0.3, 0.4) is 0 Å². The second kappa shape index (κ2) is 5.85. The molecule has 1 atom stereocenters. The van der Waals surface area contributed by atoms with E-state index in [0.717, 1.165) is 0 Å². The maximum Gasteiger partial charge on any atom is 0.343 e. The average Bonchev–Trinajstić information content (AvgIpc) is 2.63. The van der Waals surface area contributed by atoms with E-state index in [0.29, 0.717) is 40.1 Å². The molecule has 0 amide bonds. The number of fused-ring (bicyclic) bond motifs is 4. The number of nitriles is 1. The van der Waals surface area contributed by atoms with Gasteiger partial charge < -0.3 is 9.15 Å².